The number of rotatable bonds is 5. The number of hydrogen-bond donors (Lipinski definition) is 0. The lowest BCUT2D eigenvalue weighted by molar-refractivity contribution is 0.224. The van der Waals surface area contributed by atoms with Crippen molar-refractivity contribution in [3.63, 3.8) is 0 Å². The van der Waals surface area contributed by atoms with Crippen LogP contribution in [0.5, 0.6) is 0 Å². The highest BCUT2D eigenvalue weighted by Crippen LogP contribution is 2.19. The van der Waals surface area contributed by atoms with E-state index in [-0.39, 0.29) is 12.4 Å². The van der Waals surface area contributed by atoms with Crippen molar-refractivity contribution < 1.29 is 4.52 Å². The van der Waals surface area contributed by atoms with Crippen LogP contribution in [0.3, 0.4) is 0 Å². The highest BCUT2D eigenvalue weighted by atomic mass is 35.5. The lowest BCUT2D eigenvalue weighted by Gasteiger charge is -2.25. The van der Waals surface area contributed by atoms with Crippen LogP contribution in [-0.4, -0.2) is 29.7 Å². The predicted octanol–water partition coefficient (Wildman–Crippen LogP) is 4.18. The second-order valence-electron chi connectivity index (χ2n) is 5.55. The fourth-order valence-electron chi connectivity index (χ4n) is 2.84. The molecule has 1 aromatic carbocycles. The summed E-state index contributed by atoms with van der Waals surface area (Å²) in [6.45, 7) is 3.72. The average molecular weight is 307 g/mol. The van der Waals surface area contributed by atoms with E-state index in [1.165, 1.54) is 38.9 Å². The lowest BCUT2D eigenvalue weighted by atomic mass is 10.1. The van der Waals surface area contributed by atoms with Gasteiger partial charge in [0.1, 0.15) is 11.5 Å². The molecule has 0 saturated carbocycles. The molecule has 1 aliphatic rings. The molecule has 114 valence electrons. The van der Waals surface area contributed by atoms with Gasteiger partial charge in [-0.2, -0.15) is 0 Å². The molecule has 0 aliphatic carbocycles. The third-order valence-corrected chi connectivity index (χ3v) is 3.97. The van der Waals surface area contributed by atoms with E-state index in [9.17, 15) is 0 Å². The van der Waals surface area contributed by atoms with Gasteiger partial charge in [-0.3, -0.25) is 0 Å². The molecule has 2 aromatic rings. The van der Waals surface area contributed by atoms with Gasteiger partial charge >= 0.3 is 0 Å². The molecule has 0 bridgehead atoms. The predicted molar refractivity (Wildman–Crippen MR) is 87.8 cm³/mol. The van der Waals surface area contributed by atoms with Crippen molar-refractivity contribution in [2.24, 2.45) is 0 Å². The zero-order valence-corrected chi connectivity index (χ0v) is 13.1. The van der Waals surface area contributed by atoms with E-state index < -0.39 is 0 Å². The van der Waals surface area contributed by atoms with Crippen molar-refractivity contribution in [1.29, 1.82) is 0 Å². The summed E-state index contributed by atoms with van der Waals surface area (Å²) in [6.07, 6.45) is 6.26. The van der Waals surface area contributed by atoms with Gasteiger partial charge in [0.05, 0.1) is 0 Å². The quantitative estimate of drug-likeness (QED) is 0.830. The molecule has 0 N–H and O–H groups in total. The highest BCUT2D eigenvalue weighted by Gasteiger charge is 2.10. The van der Waals surface area contributed by atoms with Crippen LogP contribution in [0.4, 0.5) is 0 Å². The van der Waals surface area contributed by atoms with Crippen LogP contribution in [0.15, 0.2) is 40.9 Å². The Morgan fingerprint density at radius 3 is 2.57 bits per heavy atom. The van der Waals surface area contributed by atoms with Crippen molar-refractivity contribution >= 4 is 12.4 Å². The van der Waals surface area contributed by atoms with Gasteiger partial charge in [-0.1, -0.05) is 41.9 Å². The van der Waals surface area contributed by atoms with E-state index in [0.29, 0.717) is 0 Å². The van der Waals surface area contributed by atoms with E-state index in [0.717, 1.165) is 29.9 Å². The minimum Gasteiger partial charge on any atom is -0.361 e. The standard InChI is InChI=1S/C17H22N2O.ClH/c1-3-8-15(9-4-1)17-14-16(20-18-17)10-7-13-19-11-5-2-6-12-19;/h1,3-4,8-9,14H,2,5-7,10-13H2;1H. The first-order valence-electron chi connectivity index (χ1n) is 7.65. The molecule has 3 nitrogen and oxygen atoms in total. The maximum Gasteiger partial charge on any atom is 0.137 e. The third-order valence-electron chi connectivity index (χ3n) is 3.97. The zero-order valence-electron chi connectivity index (χ0n) is 12.3. The summed E-state index contributed by atoms with van der Waals surface area (Å²) in [5, 5.41) is 4.16. The molecule has 0 unspecified atom stereocenters. The Morgan fingerprint density at radius 2 is 1.81 bits per heavy atom. The molecule has 21 heavy (non-hydrogen) atoms. The first-order chi connectivity index (χ1) is 9.92. The SMILES string of the molecule is Cl.c1ccc(-c2cc(CCCN3CCCCC3)on2)cc1. The van der Waals surface area contributed by atoms with Gasteiger partial charge in [-0.25, -0.2) is 0 Å². The Hall–Kier alpha value is -1.32. The maximum atomic E-state index is 5.44. The van der Waals surface area contributed by atoms with Crippen molar-refractivity contribution in [3.8, 4) is 11.3 Å². The molecule has 0 atom stereocenters. The van der Waals surface area contributed by atoms with Gasteiger partial charge in [-0.15, -0.1) is 12.4 Å². The molecule has 4 heteroatoms. The van der Waals surface area contributed by atoms with Gasteiger partial charge in [0.2, 0.25) is 0 Å². The molecule has 0 radical (unpaired) electrons. The van der Waals surface area contributed by atoms with E-state index in [4.69, 9.17) is 4.52 Å². The summed E-state index contributed by atoms with van der Waals surface area (Å²) >= 11 is 0. The van der Waals surface area contributed by atoms with Crippen LogP contribution in [-0.2, 0) is 6.42 Å². The van der Waals surface area contributed by atoms with Crippen molar-refractivity contribution in [1.82, 2.24) is 10.1 Å². The van der Waals surface area contributed by atoms with Gasteiger partial charge < -0.3 is 9.42 Å². The molecule has 1 fully saturated rings. The Balaban J connectivity index is 0.00000161. The number of aromatic nitrogens is 1. The Kier molecular flexibility index (Phi) is 6.27. The van der Waals surface area contributed by atoms with Crippen LogP contribution < -0.4 is 0 Å². The molecular weight excluding hydrogens is 284 g/mol. The highest BCUT2D eigenvalue weighted by molar-refractivity contribution is 5.85. The summed E-state index contributed by atoms with van der Waals surface area (Å²) in [6, 6.07) is 12.3. The van der Waals surface area contributed by atoms with Gasteiger partial charge in [0, 0.05) is 18.1 Å². The summed E-state index contributed by atoms with van der Waals surface area (Å²) in [5.41, 5.74) is 2.07. The molecule has 0 amide bonds. The van der Waals surface area contributed by atoms with E-state index in [1.54, 1.807) is 0 Å². The second-order valence-corrected chi connectivity index (χ2v) is 5.55. The molecule has 0 spiro atoms. The number of piperidine rings is 1. The number of hydrogen-bond acceptors (Lipinski definition) is 3. The molecule has 3 rings (SSSR count). The van der Waals surface area contributed by atoms with Gasteiger partial charge in [-0.05, 0) is 38.9 Å². The number of aryl methyl sites for hydroxylation is 1. The van der Waals surface area contributed by atoms with E-state index in [1.807, 2.05) is 18.2 Å². The molecule has 1 saturated heterocycles. The number of halogens is 1. The van der Waals surface area contributed by atoms with Gasteiger partial charge in [0.25, 0.3) is 0 Å². The molecule has 2 heterocycles. The van der Waals surface area contributed by atoms with E-state index in [2.05, 4.69) is 28.3 Å². The lowest BCUT2D eigenvalue weighted by Crippen LogP contribution is -2.30. The first kappa shape index (κ1) is 16.1. The van der Waals surface area contributed by atoms with Gasteiger partial charge in [0.15, 0.2) is 0 Å². The van der Waals surface area contributed by atoms with Crippen LogP contribution in [0, 0.1) is 0 Å². The first-order valence-corrected chi connectivity index (χ1v) is 7.65. The Labute approximate surface area is 132 Å². The smallest absolute Gasteiger partial charge is 0.137 e. The summed E-state index contributed by atoms with van der Waals surface area (Å²) in [7, 11) is 0. The van der Waals surface area contributed by atoms with Crippen LogP contribution >= 0.6 is 12.4 Å². The van der Waals surface area contributed by atoms with Crippen LogP contribution in [0.25, 0.3) is 11.3 Å². The summed E-state index contributed by atoms with van der Waals surface area (Å²) < 4.78 is 5.44. The number of likely N-dealkylation sites (tertiary alicyclic amines) is 1. The zero-order chi connectivity index (χ0) is 13.6. The molecule has 1 aliphatic heterocycles. The third kappa shape index (κ3) is 4.58. The van der Waals surface area contributed by atoms with Crippen molar-refractivity contribution in [2.45, 2.75) is 32.1 Å². The molecular formula is C17H23ClN2O. The van der Waals surface area contributed by atoms with E-state index >= 15 is 0 Å². The average Bonchev–Trinajstić information content (AvgIpc) is 2.98. The van der Waals surface area contributed by atoms with Crippen LogP contribution in [0.2, 0.25) is 0 Å². The fourth-order valence-corrected chi connectivity index (χ4v) is 2.84. The normalized spacial score (nSPS) is 15.6. The monoisotopic (exact) mass is 306 g/mol. The van der Waals surface area contributed by atoms with Crippen LogP contribution in [0.1, 0.15) is 31.4 Å². The fraction of sp³-hybridized carbons (Fsp3) is 0.471. The van der Waals surface area contributed by atoms with Crippen molar-refractivity contribution in [2.75, 3.05) is 19.6 Å². The Bertz CT molecular complexity index is 521. The maximum absolute atomic E-state index is 5.44. The molecule has 1 aromatic heterocycles. The van der Waals surface area contributed by atoms with Crippen molar-refractivity contribution in [3.05, 3.63) is 42.2 Å². The summed E-state index contributed by atoms with van der Waals surface area (Å²) in [5.74, 6) is 1.00. The largest absolute Gasteiger partial charge is 0.361 e. The number of nitrogens with zero attached hydrogens (tertiary/aromatic N) is 2. The Morgan fingerprint density at radius 1 is 1.05 bits per heavy atom. The topological polar surface area (TPSA) is 29.3 Å². The second kappa shape index (κ2) is 8.20. The number of benzene rings is 1. The summed E-state index contributed by atoms with van der Waals surface area (Å²) in [4.78, 5) is 2.57. The minimum absolute atomic E-state index is 0. The minimum atomic E-state index is 0.